The molecule has 2 aromatic rings. The van der Waals surface area contributed by atoms with Gasteiger partial charge in [0, 0.05) is 39.3 Å². The molecular weight excluding hydrogens is 346 g/mol. The van der Waals surface area contributed by atoms with Crippen LogP contribution < -0.4 is 5.32 Å². The van der Waals surface area contributed by atoms with Gasteiger partial charge in [-0.05, 0) is 30.0 Å². The molecule has 0 bridgehead atoms. The summed E-state index contributed by atoms with van der Waals surface area (Å²) in [5, 5.41) is 3.06. The molecule has 1 aliphatic heterocycles. The zero-order chi connectivity index (χ0) is 19.6. The van der Waals surface area contributed by atoms with E-state index >= 15 is 0 Å². The normalized spacial score (nSPS) is 15.8. The summed E-state index contributed by atoms with van der Waals surface area (Å²) in [6.07, 6.45) is 5.29. The fourth-order valence-electron chi connectivity index (χ4n) is 3.52. The van der Waals surface area contributed by atoms with Crippen molar-refractivity contribution in [1.82, 2.24) is 15.1 Å². The van der Waals surface area contributed by atoms with Gasteiger partial charge in [-0.2, -0.15) is 0 Å². The van der Waals surface area contributed by atoms with Crippen molar-refractivity contribution in [3.05, 3.63) is 77.4 Å². The van der Waals surface area contributed by atoms with E-state index in [4.69, 9.17) is 0 Å². The topological polar surface area (TPSA) is 35.6 Å². The van der Waals surface area contributed by atoms with Crippen molar-refractivity contribution in [2.75, 3.05) is 45.8 Å². The zero-order valence-corrected chi connectivity index (χ0v) is 16.8. The third kappa shape index (κ3) is 6.63. The Hall–Kier alpha value is -2.43. The van der Waals surface area contributed by atoms with Crippen LogP contribution >= 0.6 is 0 Å². The highest BCUT2D eigenvalue weighted by atomic mass is 16.2. The maximum absolute atomic E-state index is 12.2. The van der Waals surface area contributed by atoms with E-state index in [-0.39, 0.29) is 5.91 Å². The van der Waals surface area contributed by atoms with Crippen molar-refractivity contribution >= 4 is 12.0 Å². The molecule has 148 valence electrons. The van der Waals surface area contributed by atoms with Crippen LogP contribution in [0.1, 0.15) is 16.7 Å². The molecule has 1 amide bonds. The number of rotatable bonds is 8. The molecule has 4 nitrogen and oxygen atoms in total. The van der Waals surface area contributed by atoms with Crippen LogP contribution in [0.3, 0.4) is 0 Å². The summed E-state index contributed by atoms with van der Waals surface area (Å²) in [6.45, 7) is 8.20. The number of hydrogen-bond donors (Lipinski definition) is 1. The highest BCUT2D eigenvalue weighted by Crippen LogP contribution is 2.07. The van der Waals surface area contributed by atoms with Gasteiger partial charge in [-0.3, -0.25) is 14.6 Å². The van der Waals surface area contributed by atoms with Crippen LogP contribution in [-0.2, 0) is 11.2 Å². The highest BCUT2D eigenvalue weighted by Gasteiger charge is 2.17. The van der Waals surface area contributed by atoms with Crippen LogP contribution in [0.4, 0.5) is 0 Å². The van der Waals surface area contributed by atoms with Gasteiger partial charge in [-0.15, -0.1) is 0 Å². The molecule has 2 aromatic carbocycles. The Kier molecular flexibility index (Phi) is 7.82. The molecule has 0 saturated carbocycles. The molecule has 1 N–H and O–H groups in total. The zero-order valence-electron chi connectivity index (χ0n) is 16.8. The average Bonchev–Trinajstić information content (AvgIpc) is 2.72. The fraction of sp³-hybridized carbons (Fsp3) is 0.375. The summed E-state index contributed by atoms with van der Waals surface area (Å²) in [5.74, 6) is 0.131. The Morgan fingerprint density at radius 2 is 1.64 bits per heavy atom. The van der Waals surface area contributed by atoms with Crippen LogP contribution in [0.15, 0.2) is 60.7 Å². The summed E-state index contributed by atoms with van der Waals surface area (Å²) in [5.41, 5.74) is 3.83. The number of nitrogens with zero attached hydrogens (tertiary/aromatic N) is 2. The number of aryl methyl sites for hydroxylation is 1. The predicted octanol–water partition coefficient (Wildman–Crippen LogP) is 2.98. The SMILES string of the molecule is Cc1ccccc1CCNC(=O)CN1CCN(C/C=C/c2ccccc2)CC1. The molecule has 0 atom stereocenters. The molecule has 1 fully saturated rings. The molecule has 4 heteroatoms. The smallest absolute Gasteiger partial charge is 0.234 e. The van der Waals surface area contributed by atoms with Crippen molar-refractivity contribution in [1.29, 1.82) is 0 Å². The number of nitrogens with one attached hydrogen (secondary N) is 1. The molecule has 0 radical (unpaired) electrons. The summed E-state index contributed by atoms with van der Waals surface area (Å²) >= 11 is 0. The monoisotopic (exact) mass is 377 g/mol. The first-order valence-corrected chi connectivity index (χ1v) is 10.2. The summed E-state index contributed by atoms with van der Waals surface area (Å²) in [6, 6.07) is 18.7. The second-order valence-corrected chi connectivity index (χ2v) is 7.42. The Morgan fingerprint density at radius 1 is 0.964 bits per heavy atom. The van der Waals surface area contributed by atoms with Gasteiger partial charge in [-0.25, -0.2) is 0 Å². The maximum atomic E-state index is 12.2. The van der Waals surface area contributed by atoms with Gasteiger partial charge in [0.25, 0.3) is 0 Å². The van der Waals surface area contributed by atoms with Crippen molar-refractivity contribution in [3.8, 4) is 0 Å². The lowest BCUT2D eigenvalue weighted by Gasteiger charge is -2.33. The van der Waals surface area contributed by atoms with E-state index in [0.29, 0.717) is 13.1 Å². The minimum atomic E-state index is 0.131. The molecule has 1 aliphatic rings. The first-order valence-electron chi connectivity index (χ1n) is 10.2. The number of benzene rings is 2. The van der Waals surface area contributed by atoms with Gasteiger partial charge in [0.15, 0.2) is 0 Å². The minimum absolute atomic E-state index is 0.131. The van der Waals surface area contributed by atoms with Crippen molar-refractivity contribution in [3.63, 3.8) is 0 Å². The maximum Gasteiger partial charge on any atom is 0.234 e. The van der Waals surface area contributed by atoms with E-state index in [1.54, 1.807) is 0 Å². The summed E-state index contributed by atoms with van der Waals surface area (Å²) in [4.78, 5) is 16.9. The van der Waals surface area contributed by atoms with E-state index in [2.05, 4.69) is 82.7 Å². The summed E-state index contributed by atoms with van der Waals surface area (Å²) in [7, 11) is 0. The lowest BCUT2D eigenvalue weighted by Crippen LogP contribution is -2.49. The van der Waals surface area contributed by atoms with E-state index in [1.807, 2.05) is 6.07 Å². The lowest BCUT2D eigenvalue weighted by molar-refractivity contribution is -0.122. The Labute approximate surface area is 168 Å². The van der Waals surface area contributed by atoms with Crippen LogP contribution in [0.25, 0.3) is 6.08 Å². The average molecular weight is 378 g/mol. The Bertz CT molecular complexity index is 764. The molecule has 0 unspecified atom stereocenters. The standard InChI is InChI=1S/C24H31N3O/c1-21-8-5-6-12-23(21)13-14-25-24(28)20-27-18-16-26(17-19-27)15-7-11-22-9-3-2-4-10-22/h2-12H,13-20H2,1H3,(H,25,28)/b11-7+. The Morgan fingerprint density at radius 3 is 2.39 bits per heavy atom. The van der Waals surface area contributed by atoms with E-state index < -0.39 is 0 Å². The molecule has 1 heterocycles. The number of carbonyl (C=O) groups excluding carboxylic acids is 1. The van der Waals surface area contributed by atoms with E-state index in [0.717, 1.165) is 39.1 Å². The van der Waals surface area contributed by atoms with Gasteiger partial charge in [0.05, 0.1) is 6.54 Å². The van der Waals surface area contributed by atoms with Gasteiger partial charge < -0.3 is 5.32 Å². The van der Waals surface area contributed by atoms with Crippen molar-refractivity contribution < 1.29 is 4.79 Å². The van der Waals surface area contributed by atoms with Gasteiger partial charge >= 0.3 is 0 Å². The minimum Gasteiger partial charge on any atom is -0.355 e. The number of hydrogen-bond acceptors (Lipinski definition) is 3. The molecular formula is C24H31N3O. The fourth-order valence-corrected chi connectivity index (χ4v) is 3.52. The Balaban J connectivity index is 1.31. The first-order chi connectivity index (χ1) is 13.7. The molecule has 3 rings (SSSR count). The molecule has 0 aromatic heterocycles. The number of piperazine rings is 1. The molecule has 0 aliphatic carbocycles. The second kappa shape index (κ2) is 10.8. The largest absolute Gasteiger partial charge is 0.355 e. The van der Waals surface area contributed by atoms with Crippen molar-refractivity contribution in [2.24, 2.45) is 0 Å². The van der Waals surface area contributed by atoms with Crippen LogP contribution in [0.5, 0.6) is 0 Å². The summed E-state index contributed by atoms with van der Waals surface area (Å²) < 4.78 is 0. The molecule has 0 spiro atoms. The van der Waals surface area contributed by atoms with Gasteiger partial charge in [0.2, 0.25) is 5.91 Å². The number of carbonyl (C=O) groups is 1. The van der Waals surface area contributed by atoms with Crippen LogP contribution in [0.2, 0.25) is 0 Å². The highest BCUT2D eigenvalue weighted by molar-refractivity contribution is 5.78. The molecule has 1 saturated heterocycles. The van der Waals surface area contributed by atoms with Gasteiger partial charge in [0.1, 0.15) is 0 Å². The lowest BCUT2D eigenvalue weighted by atomic mass is 10.1. The third-order valence-electron chi connectivity index (χ3n) is 5.28. The quantitative estimate of drug-likeness (QED) is 0.768. The first kappa shape index (κ1) is 20.3. The van der Waals surface area contributed by atoms with E-state index in [9.17, 15) is 4.79 Å². The van der Waals surface area contributed by atoms with E-state index in [1.165, 1.54) is 16.7 Å². The number of amides is 1. The predicted molar refractivity (Wildman–Crippen MR) is 116 cm³/mol. The van der Waals surface area contributed by atoms with Gasteiger partial charge in [-0.1, -0.05) is 66.7 Å². The van der Waals surface area contributed by atoms with Crippen molar-refractivity contribution in [2.45, 2.75) is 13.3 Å². The second-order valence-electron chi connectivity index (χ2n) is 7.42. The van der Waals surface area contributed by atoms with Crippen LogP contribution in [-0.4, -0.2) is 61.5 Å². The molecule has 28 heavy (non-hydrogen) atoms. The van der Waals surface area contributed by atoms with Crippen LogP contribution in [0, 0.1) is 6.92 Å². The third-order valence-corrected chi connectivity index (χ3v) is 5.28.